The molecule has 0 aromatic heterocycles. The van der Waals surface area contributed by atoms with Gasteiger partial charge in [0.15, 0.2) is 0 Å². The van der Waals surface area contributed by atoms with Gasteiger partial charge in [-0.15, -0.1) is 0 Å². The molecule has 2 unspecified atom stereocenters. The summed E-state index contributed by atoms with van der Waals surface area (Å²) < 4.78 is 28.5. The number of nitrogens with one attached hydrogen (secondary N) is 1. The highest BCUT2D eigenvalue weighted by molar-refractivity contribution is 7.90. The predicted octanol–water partition coefficient (Wildman–Crippen LogP) is 2.77. The summed E-state index contributed by atoms with van der Waals surface area (Å²) in [6.07, 6.45) is 10.6. The topological polar surface area (TPSA) is 55.4 Å². The van der Waals surface area contributed by atoms with Gasteiger partial charge < -0.3 is 10.1 Å². The average molecular weight is 320 g/mol. The van der Waals surface area contributed by atoms with Crippen LogP contribution in [0.2, 0.25) is 0 Å². The third-order valence-electron chi connectivity index (χ3n) is 4.47. The van der Waals surface area contributed by atoms with Gasteiger partial charge in [0.05, 0.1) is 6.10 Å². The van der Waals surface area contributed by atoms with Gasteiger partial charge in [-0.25, -0.2) is 8.42 Å². The number of hydrogen-bond acceptors (Lipinski definition) is 4. The van der Waals surface area contributed by atoms with E-state index in [2.05, 4.69) is 12.2 Å². The summed E-state index contributed by atoms with van der Waals surface area (Å²) in [4.78, 5) is 0. The lowest BCUT2D eigenvalue weighted by atomic mass is 9.81. The molecule has 0 amide bonds. The molecule has 1 aliphatic carbocycles. The molecular weight excluding hydrogens is 286 g/mol. The molecule has 0 radical (unpaired) electrons. The van der Waals surface area contributed by atoms with Gasteiger partial charge in [0.2, 0.25) is 0 Å². The highest BCUT2D eigenvalue weighted by Crippen LogP contribution is 2.30. The summed E-state index contributed by atoms with van der Waals surface area (Å²) in [6, 6.07) is 0.278. The highest BCUT2D eigenvalue weighted by atomic mass is 32.2. The van der Waals surface area contributed by atoms with Crippen molar-refractivity contribution in [2.75, 3.05) is 25.7 Å². The molecule has 1 aliphatic rings. The molecule has 1 saturated carbocycles. The quantitative estimate of drug-likeness (QED) is 0.673. The molecule has 0 aromatic rings. The zero-order valence-corrected chi connectivity index (χ0v) is 14.8. The predicted molar refractivity (Wildman–Crippen MR) is 88.4 cm³/mol. The third kappa shape index (κ3) is 7.61. The molecule has 4 nitrogen and oxygen atoms in total. The number of hydrogen-bond donors (Lipinski definition) is 1. The van der Waals surface area contributed by atoms with Crippen LogP contribution in [-0.4, -0.2) is 46.2 Å². The molecule has 0 saturated heterocycles. The van der Waals surface area contributed by atoms with Crippen molar-refractivity contribution < 1.29 is 13.2 Å². The molecule has 1 N–H and O–H groups in total. The Bertz CT molecular complexity index is 364. The van der Waals surface area contributed by atoms with E-state index in [-0.39, 0.29) is 17.9 Å². The monoisotopic (exact) mass is 319 g/mol. The Balaban J connectivity index is 2.58. The number of rotatable bonds is 10. The minimum atomic E-state index is -2.87. The highest BCUT2D eigenvalue weighted by Gasteiger charge is 2.30. The van der Waals surface area contributed by atoms with Crippen LogP contribution in [-0.2, 0) is 14.6 Å². The van der Waals surface area contributed by atoms with Gasteiger partial charge in [-0.1, -0.05) is 26.2 Å². The maximum Gasteiger partial charge on any atom is 0.147 e. The fraction of sp³-hybridized carbons (Fsp3) is 1.00. The summed E-state index contributed by atoms with van der Waals surface area (Å²) in [7, 11) is -1.06. The van der Waals surface area contributed by atoms with E-state index in [1.165, 1.54) is 38.4 Å². The first-order valence-electron chi connectivity index (χ1n) is 8.41. The molecule has 0 aliphatic heterocycles. The summed E-state index contributed by atoms with van der Waals surface area (Å²) >= 11 is 0. The molecule has 21 heavy (non-hydrogen) atoms. The summed E-state index contributed by atoms with van der Waals surface area (Å²) in [5.41, 5.74) is 0. The first kappa shape index (κ1) is 18.9. The van der Waals surface area contributed by atoms with Crippen LogP contribution < -0.4 is 5.32 Å². The minimum Gasteiger partial charge on any atom is -0.380 e. The van der Waals surface area contributed by atoms with E-state index in [0.29, 0.717) is 12.3 Å². The van der Waals surface area contributed by atoms with E-state index in [1.807, 2.05) is 0 Å². The van der Waals surface area contributed by atoms with E-state index in [4.69, 9.17) is 4.74 Å². The Morgan fingerprint density at radius 2 is 1.90 bits per heavy atom. The standard InChI is InChI=1S/C16H33NO3S/c1-4-12-17-15(11-8-13-21(3,18)19)16(20-2)14-9-6-5-7-10-14/h14-17H,4-13H2,1-3H3. The van der Waals surface area contributed by atoms with Gasteiger partial charge in [-0.05, 0) is 44.6 Å². The number of ether oxygens (including phenoxy) is 1. The van der Waals surface area contributed by atoms with E-state index in [0.717, 1.165) is 19.4 Å². The molecule has 126 valence electrons. The molecule has 0 heterocycles. The zero-order valence-electron chi connectivity index (χ0n) is 13.9. The van der Waals surface area contributed by atoms with E-state index < -0.39 is 9.84 Å². The van der Waals surface area contributed by atoms with Gasteiger partial charge in [0, 0.05) is 25.2 Å². The van der Waals surface area contributed by atoms with Crippen molar-refractivity contribution in [3.8, 4) is 0 Å². The van der Waals surface area contributed by atoms with Gasteiger partial charge in [-0.3, -0.25) is 0 Å². The van der Waals surface area contributed by atoms with Gasteiger partial charge in [0.1, 0.15) is 9.84 Å². The maximum absolute atomic E-state index is 11.3. The SMILES string of the molecule is CCCNC(CCCS(C)(=O)=O)C(OC)C1CCCCC1. The van der Waals surface area contributed by atoms with Crippen LogP contribution in [0.3, 0.4) is 0 Å². The van der Waals surface area contributed by atoms with Crippen molar-refractivity contribution in [3.05, 3.63) is 0 Å². The molecule has 5 heteroatoms. The zero-order chi connectivity index (χ0) is 15.7. The first-order valence-corrected chi connectivity index (χ1v) is 10.5. The Morgan fingerprint density at radius 1 is 1.24 bits per heavy atom. The Hall–Kier alpha value is -0.130. The van der Waals surface area contributed by atoms with Crippen LogP contribution in [0.4, 0.5) is 0 Å². The van der Waals surface area contributed by atoms with E-state index in [9.17, 15) is 8.42 Å². The molecule has 0 spiro atoms. The largest absolute Gasteiger partial charge is 0.380 e. The van der Waals surface area contributed by atoms with E-state index >= 15 is 0 Å². The lowest BCUT2D eigenvalue weighted by molar-refractivity contribution is 0.00602. The average Bonchev–Trinajstić information content (AvgIpc) is 2.44. The molecule has 1 fully saturated rings. The first-order chi connectivity index (χ1) is 9.98. The second-order valence-electron chi connectivity index (χ2n) is 6.43. The molecule has 1 rings (SSSR count). The number of methoxy groups -OCH3 is 1. The third-order valence-corrected chi connectivity index (χ3v) is 5.50. The number of sulfone groups is 1. The van der Waals surface area contributed by atoms with Crippen molar-refractivity contribution in [1.82, 2.24) is 5.32 Å². The maximum atomic E-state index is 11.3. The van der Waals surface area contributed by atoms with Crippen LogP contribution >= 0.6 is 0 Å². The molecule has 2 atom stereocenters. The van der Waals surface area contributed by atoms with E-state index in [1.54, 1.807) is 7.11 Å². The smallest absolute Gasteiger partial charge is 0.147 e. The lowest BCUT2D eigenvalue weighted by Crippen LogP contribution is -2.46. The van der Waals surface area contributed by atoms with Crippen molar-refractivity contribution in [3.63, 3.8) is 0 Å². The molecule has 0 aromatic carbocycles. The summed E-state index contributed by atoms with van der Waals surface area (Å²) in [5, 5.41) is 3.58. The van der Waals surface area contributed by atoms with Gasteiger partial charge in [0.25, 0.3) is 0 Å². The van der Waals surface area contributed by atoms with Crippen LogP contribution in [0, 0.1) is 5.92 Å². The fourth-order valence-electron chi connectivity index (χ4n) is 3.43. The van der Waals surface area contributed by atoms with Crippen molar-refractivity contribution in [1.29, 1.82) is 0 Å². The van der Waals surface area contributed by atoms with Crippen LogP contribution in [0.1, 0.15) is 58.3 Å². The second kappa shape index (κ2) is 9.80. The fourth-order valence-corrected chi connectivity index (χ4v) is 4.12. The Kier molecular flexibility index (Phi) is 8.83. The lowest BCUT2D eigenvalue weighted by Gasteiger charge is -2.35. The summed E-state index contributed by atoms with van der Waals surface area (Å²) in [6.45, 7) is 3.12. The van der Waals surface area contributed by atoms with Crippen molar-refractivity contribution in [2.24, 2.45) is 5.92 Å². The second-order valence-corrected chi connectivity index (χ2v) is 8.69. The summed E-state index contributed by atoms with van der Waals surface area (Å²) in [5.74, 6) is 0.898. The van der Waals surface area contributed by atoms with Crippen molar-refractivity contribution >= 4 is 9.84 Å². The Morgan fingerprint density at radius 3 is 2.43 bits per heavy atom. The van der Waals surface area contributed by atoms with Crippen LogP contribution in [0.25, 0.3) is 0 Å². The van der Waals surface area contributed by atoms with Crippen molar-refractivity contribution in [2.45, 2.75) is 70.4 Å². The molecule has 0 bridgehead atoms. The minimum absolute atomic E-state index is 0.219. The van der Waals surface area contributed by atoms with Gasteiger partial charge >= 0.3 is 0 Å². The molecular formula is C16H33NO3S. The normalized spacial score (nSPS) is 20.3. The van der Waals surface area contributed by atoms with Crippen LogP contribution in [0.15, 0.2) is 0 Å². The van der Waals surface area contributed by atoms with Gasteiger partial charge in [-0.2, -0.15) is 0 Å². The van der Waals surface area contributed by atoms with Crippen LogP contribution in [0.5, 0.6) is 0 Å². The Labute approximate surface area is 130 Å².